The number of carbonyl (C=O) groups excluding carboxylic acids is 1. The molecule has 3 heterocycles. The number of nitrogens with zero attached hydrogens (tertiary/aromatic N) is 3. The maximum absolute atomic E-state index is 10.9. The van der Waals surface area contributed by atoms with E-state index in [4.69, 9.17) is 22.1 Å². The normalized spacial score (nSPS) is 18.3. The first-order valence-electron chi connectivity index (χ1n) is 10.3. The zero-order valence-electron chi connectivity index (χ0n) is 17.4. The maximum atomic E-state index is 10.9. The molecule has 10 heteroatoms. The van der Waals surface area contributed by atoms with Crippen LogP contribution in [0.1, 0.15) is 19.8 Å². The maximum Gasteiger partial charge on any atom is 0.404 e. The summed E-state index contributed by atoms with van der Waals surface area (Å²) in [5, 5.41) is 8.21. The van der Waals surface area contributed by atoms with Crippen LogP contribution in [0.25, 0.3) is 0 Å². The second-order valence-electron chi connectivity index (χ2n) is 8.34. The van der Waals surface area contributed by atoms with Crippen molar-refractivity contribution in [1.29, 1.82) is 0 Å². The van der Waals surface area contributed by atoms with Gasteiger partial charge in [0, 0.05) is 36.5 Å². The van der Waals surface area contributed by atoms with Crippen LogP contribution in [0.2, 0.25) is 5.02 Å². The Morgan fingerprint density at radius 2 is 2.13 bits per heavy atom. The standard InChI is InChI=1S/C21H27ClN6O2S/c1-21(13-30-20(23)29)5-7-28(8-6-21)17-11-26-18(12-25-17)31-16-4-2-3-15(19(16)22)27-14-9-24-10-14/h2-4,11-12,14,24,27H,5-10,13H2,1H3,(H2,23,29). The summed E-state index contributed by atoms with van der Waals surface area (Å²) in [6.07, 6.45) is 4.66. The molecule has 0 spiro atoms. The summed E-state index contributed by atoms with van der Waals surface area (Å²) >= 11 is 8.11. The Morgan fingerprint density at radius 3 is 2.74 bits per heavy atom. The smallest absolute Gasteiger partial charge is 0.404 e. The van der Waals surface area contributed by atoms with Crippen LogP contribution in [0.3, 0.4) is 0 Å². The lowest BCUT2D eigenvalue weighted by molar-refractivity contribution is 0.0818. The number of nitrogens with one attached hydrogen (secondary N) is 2. The van der Waals surface area contributed by atoms with E-state index in [1.165, 1.54) is 11.8 Å². The summed E-state index contributed by atoms with van der Waals surface area (Å²) in [5.74, 6) is 0.848. The number of primary amides is 1. The Morgan fingerprint density at radius 1 is 1.35 bits per heavy atom. The molecule has 2 fully saturated rings. The molecule has 0 radical (unpaired) electrons. The van der Waals surface area contributed by atoms with E-state index in [0.29, 0.717) is 17.7 Å². The third-order valence-corrected chi connectivity index (χ3v) is 7.29. The number of benzene rings is 1. The van der Waals surface area contributed by atoms with Crippen LogP contribution in [-0.2, 0) is 4.74 Å². The molecule has 2 aliphatic heterocycles. The quantitative estimate of drug-likeness (QED) is 0.575. The first-order chi connectivity index (χ1) is 14.9. The van der Waals surface area contributed by atoms with Crippen molar-refractivity contribution in [3.63, 3.8) is 0 Å². The van der Waals surface area contributed by atoms with Crippen molar-refractivity contribution >= 4 is 41.0 Å². The Kier molecular flexibility index (Phi) is 6.74. The molecule has 31 heavy (non-hydrogen) atoms. The first-order valence-corrected chi connectivity index (χ1v) is 11.5. The number of halogens is 1. The van der Waals surface area contributed by atoms with Crippen LogP contribution >= 0.6 is 23.4 Å². The van der Waals surface area contributed by atoms with Gasteiger partial charge in [-0.15, -0.1) is 0 Å². The van der Waals surface area contributed by atoms with Gasteiger partial charge >= 0.3 is 6.09 Å². The molecule has 166 valence electrons. The molecule has 0 bridgehead atoms. The molecular formula is C21H27ClN6O2S. The highest BCUT2D eigenvalue weighted by molar-refractivity contribution is 7.99. The lowest BCUT2D eigenvalue weighted by atomic mass is 9.81. The number of aromatic nitrogens is 2. The van der Waals surface area contributed by atoms with E-state index in [-0.39, 0.29) is 5.41 Å². The van der Waals surface area contributed by atoms with Crippen molar-refractivity contribution < 1.29 is 9.53 Å². The van der Waals surface area contributed by atoms with Gasteiger partial charge in [-0.3, -0.25) is 0 Å². The van der Waals surface area contributed by atoms with E-state index in [9.17, 15) is 4.79 Å². The van der Waals surface area contributed by atoms with Gasteiger partial charge in [-0.2, -0.15) is 0 Å². The minimum Gasteiger partial charge on any atom is -0.449 e. The highest BCUT2D eigenvalue weighted by Crippen LogP contribution is 2.37. The van der Waals surface area contributed by atoms with Crippen molar-refractivity contribution in [2.24, 2.45) is 11.1 Å². The number of piperidine rings is 1. The molecule has 2 aromatic rings. The fourth-order valence-corrected chi connectivity index (χ4v) is 4.69. The largest absolute Gasteiger partial charge is 0.449 e. The van der Waals surface area contributed by atoms with Gasteiger partial charge in [0.25, 0.3) is 0 Å². The molecule has 0 unspecified atom stereocenters. The first kappa shape index (κ1) is 22.0. The average Bonchev–Trinajstić information content (AvgIpc) is 2.73. The zero-order chi connectivity index (χ0) is 21.8. The highest BCUT2D eigenvalue weighted by Gasteiger charge is 2.32. The summed E-state index contributed by atoms with van der Waals surface area (Å²) in [5.41, 5.74) is 5.99. The Bertz CT molecular complexity index is 917. The van der Waals surface area contributed by atoms with Gasteiger partial charge in [0.1, 0.15) is 10.8 Å². The van der Waals surface area contributed by atoms with Gasteiger partial charge in [-0.1, -0.05) is 36.4 Å². The summed E-state index contributed by atoms with van der Waals surface area (Å²) < 4.78 is 5.02. The second-order valence-corrected chi connectivity index (χ2v) is 9.78. The van der Waals surface area contributed by atoms with E-state index in [0.717, 1.165) is 60.4 Å². The molecule has 1 amide bonds. The summed E-state index contributed by atoms with van der Waals surface area (Å²) in [6, 6.07) is 6.41. The number of carbonyl (C=O) groups is 1. The predicted molar refractivity (Wildman–Crippen MR) is 123 cm³/mol. The Labute approximate surface area is 191 Å². The van der Waals surface area contributed by atoms with Gasteiger partial charge in [-0.25, -0.2) is 14.8 Å². The van der Waals surface area contributed by atoms with Crippen LogP contribution in [0.4, 0.5) is 16.3 Å². The number of hydrogen-bond donors (Lipinski definition) is 3. The number of nitrogens with two attached hydrogens (primary N) is 1. The summed E-state index contributed by atoms with van der Waals surface area (Å²) in [4.78, 5) is 23.2. The molecule has 8 nitrogen and oxygen atoms in total. The number of amides is 1. The van der Waals surface area contributed by atoms with E-state index in [2.05, 4.69) is 32.4 Å². The summed E-state index contributed by atoms with van der Waals surface area (Å²) in [6.45, 7) is 6.03. The number of anilines is 2. The number of ether oxygens (including phenoxy) is 1. The van der Waals surface area contributed by atoms with Crippen LogP contribution in [0.5, 0.6) is 0 Å². The fraction of sp³-hybridized carbons (Fsp3) is 0.476. The van der Waals surface area contributed by atoms with Crippen LogP contribution in [0.15, 0.2) is 40.5 Å². The van der Waals surface area contributed by atoms with Crippen LogP contribution < -0.4 is 21.3 Å². The molecule has 1 aromatic carbocycles. The predicted octanol–water partition coefficient (Wildman–Crippen LogP) is 3.37. The zero-order valence-corrected chi connectivity index (χ0v) is 19.0. The van der Waals surface area contributed by atoms with Crippen molar-refractivity contribution in [1.82, 2.24) is 15.3 Å². The molecule has 4 rings (SSSR count). The van der Waals surface area contributed by atoms with Gasteiger partial charge < -0.3 is 26.0 Å². The second kappa shape index (κ2) is 9.50. The lowest BCUT2D eigenvalue weighted by Gasteiger charge is -2.39. The van der Waals surface area contributed by atoms with Crippen molar-refractivity contribution in [2.75, 3.05) is 43.0 Å². The van der Waals surface area contributed by atoms with Crippen molar-refractivity contribution in [3.05, 3.63) is 35.6 Å². The monoisotopic (exact) mass is 462 g/mol. The van der Waals surface area contributed by atoms with E-state index >= 15 is 0 Å². The third-order valence-electron chi connectivity index (χ3n) is 5.79. The molecule has 2 saturated heterocycles. The fourth-order valence-electron chi connectivity index (χ4n) is 3.62. The Balaban J connectivity index is 1.35. The summed E-state index contributed by atoms with van der Waals surface area (Å²) in [7, 11) is 0. The molecular weight excluding hydrogens is 436 g/mol. The van der Waals surface area contributed by atoms with Gasteiger partial charge in [-0.05, 0) is 25.0 Å². The van der Waals surface area contributed by atoms with E-state index in [1.807, 2.05) is 18.2 Å². The van der Waals surface area contributed by atoms with Crippen molar-refractivity contribution in [3.8, 4) is 0 Å². The Hall–Kier alpha value is -2.23. The number of hydrogen-bond acceptors (Lipinski definition) is 8. The molecule has 0 saturated carbocycles. The highest BCUT2D eigenvalue weighted by atomic mass is 35.5. The van der Waals surface area contributed by atoms with Crippen LogP contribution in [0, 0.1) is 5.41 Å². The topological polar surface area (TPSA) is 105 Å². The molecule has 2 aliphatic rings. The lowest BCUT2D eigenvalue weighted by Crippen LogP contribution is -2.51. The van der Waals surface area contributed by atoms with Gasteiger partial charge in [0.15, 0.2) is 0 Å². The van der Waals surface area contributed by atoms with E-state index < -0.39 is 6.09 Å². The van der Waals surface area contributed by atoms with Crippen LogP contribution in [-0.4, -0.2) is 54.9 Å². The molecule has 0 atom stereocenters. The minimum absolute atomic E-state index is 0.0555. The average molecular weight is 463 g/mol. The van der Waals surface area contributed by atoms with Gasteiger partial charge in [0.05, 0.1) is 35.8 Å². The van der Waals surface area contributed by atoms with Crippen molar-refractivity contribution in [2.45, 2.75) is 35.7 Å². The molecule has 4 N–H and O–H groups in total. The van der Waals surface area contributed by atoms with Gasteiger partial charge in [0.2, 0.25) is 0 Å². The minimum atomic E-state index is -0.718. The molecule has 1 aromatic heterocycles. The third kappa shape index (κ3) is 5.53. The van der Waals surface area contributed by atoms with E-state index in [1.54, 1.807) is 12.4 Å². The SMILES string of the molecule is CC1(COC(N)=O)CCN(c2cnc(Sc3cccc(NC4CNC4)c3Cl)cn2)CC1. The molecule has 0 aliphatic carbocycles. The number of rotatable bonds is 7.